The highest BCUT2D eigenvalue weighted by Crippen LogP contribution is 2.43. The van der Waals surface area contributed by atoms with E-state index in [4.69, 9.17) is 47.4 Å². The van der Waals surface area contributed by atoms with Gasteiger partial charge in [-0.05, 0) is 130 Å². The van der Waals surface area contributed by atoms with Gasteiger partial charge in [-0.25, -0.2) is 0 Å². The molecule has 0 N–H and O–H groups in total. The number of ether oxygens (including phenoxy) is 10. The van der Waals surface area contributed by atoms with Crippen LogP contribution < -0.4 is 47.4 Å². The highest BCUT2D eigenvalue weighted by Gasteiger charge is 2.24. The third-order valence-corrected chi connectivity index (χ3v) is 11.1. The summed E-state index contributed by atoms with van der Waals surface area (Å²) in [6.07, 6.45) is 2.64. The monoisotopic (exact) mass is 890 g/mol. The molecule has 65 heavy (non-hydrogen) atoms. The molecule has 0 atom stereocenters. The molecule has 15 rings (SSSR count). The molecule has 0 aromatic heterocycles. The van der Waals surface area contributed by atoms with E-state index in [0.717, 1.165) is 113 Å². The first-order valence-corrected chi connectivity index (χ1v) is 23.8. The lowest BCUT2D eigenvalue weighted by atomic mass is 9.94. The van der Waals surface area contributed by atoms with Crippen molar-refractivity contribution in [3.05, 3.63) is 116 Å². The summed E-state index contributed by atoms with van der Waals surface area (Å²) in [6.45, 7) is 25.1. The molecule has 0 heterocycles. The molecule has 10 nitrogen and oxygen atoms in total. The van der Waals surface area contributed by atoms with Crippen molar-refractivity contribution in [3.63, 3.8) is 0 Å². The van der Waals surface area contributed by atoms with E-state index >= 15 is 0 Å². The zero-order chi connectivity index (χ0) is 46.3. The summed E-state index contributed by atoms with van der Waals surface area (Å²) in [7, 11) is 0. The fourth-order valence-electron chi connectivity index (χ4n) is 8.53. The van der Waals surface area contributed by atoms with Gasteiger partial charge in [-0.2, -0.15) is 0 Å². The Morgan fingerprint density at radius 3 is 0.369 bits per heavy atom. The van der Waals surface area contributed by atoms with Crippen LogP contribution >= 0.6 is 0 Å². The zero-order valence-electron chi connectivity index (χ0n) is 40.5. The van der Waals surface area contributed by atoms with Gasteiger partial charge in [-0.15, -0.1) is 0 Å². The van der Waals surface area contributed by atoms with Crippen LogP contribution in [0.3, 0.4) is 0 Å². The third kappa shape index (κ3) is 11.9. The topological polar surface area (TPSA) is 92.3 Å². The van der Waals surface area contributed by atoms with Crippen LogP contribution in [-0.2, 0) is 32.1 Å². The van der Waals surface area contributed by atoms with E-state index in [1.165, 1.54) is 0 Å². The number of benzene rings is 5. The van der Waals surface area contributed by atoms with Crippen LogP contribution in [0, 0.1) is 0 Å². The second kappa shape index (κ2) is 23.9. The van der Waals surface area contributed by atoms with Gasteiger partial charge in [0.2, 0.25) is 0 Å². The van der Waals surface area contributed by atoms with E-state index in [2.05, 4.69) is 60.7 Å². The van der Waals surface area contributed by atoms with Gasteiger partial charge in [-0.1, -0.05) is 0 Å². The van der Waals surface area contributed by atoms with Crippen LogP contribution in [0.5, 0.6) is 57.5 Å². The quantitative estimate of drug-likeness (QED) is 0.0738. The van der Waals surface area contributed by atoms with Gasteiger partial charge in [0.1, 0.15) is 57.5 Å². The molecule has 0 radical (unpaired) electrons. The van der Waals surface area contributed by atoms with E-state index in [1.54, 1.807) is 0 Å². The van der Waals surface area contributed by atoms with Crippen LogP contribution in [0.4, 0.5) is 0 Å². The number of hydrogen-bond donors (Lipinski definition) is 0. The Morgan fingerprint density at radius 1 is 0.200 bits per heavy atom. The van der Waals surface area contributed by atoms with Gasteiger partial charge >= 0.3 is 0 Å². The normalized spacial score (nSPS) is 12.2. The van der Waals surface area contributed by atoms with Gasteiger partial charge < -0.3 is 47.4 Å². The van der Waals surface area contributed by atoms with Crippen molar-refractivity contribution >= 4 is 0 Å². The van der Waals surface area contributed by atoms with Crippen LogP contribution in [0.2, 0.25) is 0 Å². The maximum absolute atomic E-state index is 6.43. The molecule has 0 spiro atoms. The zero-order valence-corrected chi connectivity index (χ0v) is 40.5. The van der Waals surface area contributed by atoms with Crippen LogP contribution in [0.25, 0.3) is 0 Å². The molecule has 10 bridgehead atoms. The molecule has 350 valence electrons. The summed E-state index contributed by atoms with van der Waals surface area (Å²) in [6, 6.07) is 21.2. The first-order valence-electron chi connectivity index (χ1n) is 23.8. The fraction of sp³-hybridized carbons (Fsp3) is 0.455. The van der Waals surface area contributed by atoms with Crippen molar-refractivity contribution in [2.75, 3.05) is 66.1 Å². The predicted molar refractivity (Wildman–Crippen MR) is 258 cm³/mol. The molecule has 5 aromatic carbocycles. The lowest BCUT2D eigenvalue weighted by Crippen LogP contribution is -2.08. The summed E-state index contributed by atoms with van der Waals surface area (Å²) in [4.78, 5) is 0. The van der Waals surface area contributed by atoms with Crippen molar-refractivity contribution < 1.29 is 47.4 Å². The Balaban J connectivity index is 1.68. The van der Waals surface area contributed by atoms with Gasteiger partial charge in [0, 0.05) is 87.7 Å². The van der Waals surface area contributed by atoms with Gasteiger partial charge in [-0.3, -0.25) is 0 Å². The minimum absolute atomic E-state index is 0.496. The van der Waals surface area contributed by atoms with Crippen molar-refractivity contribution in [1.82, 2.24) is 0 Å². The van der Waals surface area contributed by atoms with Gasteiger partial charge in [0.15, 0.2) is 0 Å². The van der Waals surface area contributed by atoms with Crippen molar-refractivity contribution in [2.45, 2.75) is 101 Å². The molecular formula is C55H70O10. The maximum atomic E-state index is 6.43. The highest BCUT2D eigenvalue weighted by atomic mass is 16.5. The maximum Gasteiger partial charge on any atom is 0.123 e. The molecule has 0 fully saturated rings. The Kier molecular flexibility index (Phi) is 17.8. The Bertz CT molecular complexity index is 1810. The smallest absolute Gasteiger partial charge is 0.123 e. The highest BCUT2D eigenvalue weighted by molar-refractivity contribution is 5.59. The second-order valence-corrected chi connectivity index (χ2v) is 15.6. The summed E-state index contributed by atoms with van der Waals surface area (Å²) in [5.41, 5.74) is 9.81. The molecule has 10 heteroatoms. The molecule has 5 aromatic rings. The average molecular weight is 891 g/mol. The Hall–Kier alpha value is -5.90. The SMILES string of the molecule is CCOc1cc2c(OCC)cc1Cc1cc(OCC)c(cc1OCC)Cc1cc(OCC)c(cc1OCC)Cc1cc(OCC)c(cc1OCC)Cc1cc(OCC)c(cc1OCC)C2. The van der Waals surface area contributed by atoms with Crippen LogP contribution in [0.1, 0.15) is 125 Å². The Labute approximate surface area is 387 Å². The van der Waals surface area contributed by atoms with Gasteiger partial charge in [0.05, 0.1) is 66.1 Å². The van der Waals surface area contributed by atoms with E-state index in [1.807, 2.05) is 69.2 Å². The van der Waals surface area contributed by atoms with E-state index in [-0.39, 0.29) is 0 Å². The van der Waals surface area contributed by atoms with Crippen LogP contribution in [-0.4, -0.2) is 66.1 Å². The summed E-state index contributed by atoms with van der Waals surface area (Å²) in [5.74, 6) is 7.80. The van der Waals surface area contributed by atoms with Crippen molar-refractivity contribution in [1.29, 1.82) is 0 Å². The third-order valence-electron chi connectivity index (χ3n) is 11.1. The molecule has 0 amide bonds. The summed E-state index contributed by atoms with van der Waals surface area (Å²) >= 11 is 0. The lowest BCUT2D eigenvalue weighted by molar-refractivity contribution is 0.320. The van der Waals surface area contributed by atoms with Crippen LogP contribution in [0.15, 0.2) is 60.7 Å². The molecule has 0 saturated heterocycles. The second-order valence-electron chi connectivity index (χ2n) is 15.6. The average Bonchev–Trinajstić information content (AvgIpc) is 3.28. The molecule has 10 aliphatic carbocycles. The first kappa shape index (κ1) is 48.6. The molecule has 0 saturated carbocycles. The minimum Gasteiger partial charge on any atom is -0.494 e. The lowest BCUT2D eigenvalue weighted by Gasteiger charge is -2.21. The largest absolute Gasteiger partial charge is 0.494 e. The summed E-state index contributed by atoms with van der Waals surface area (Å²) < 4.78 is 64.3. The molecular weight excluding hydrogens is 821 g/mol. The first-order chi connectivity index (χ1) is 31.7. The van der Waals surface area contributed by atoms with E-state index in [9.17, 15) is 0 Å². The number of rotatable bonds is 20. The number of hydrogen-bond acceptors (Lipinski definition) is 10. The van der Waals surface area contributed by atoms with E-state index in [0.29, 0.717) is 98.2 Å². The van der Waals surface area contributed by atoms with Gasteiger partial charge in [0.25, 0.3) is 0 Å². The standard InChI is InChI=1S/C55H70O10/c1-11-56-46-26-37-22-39-29-51(61-16-6)41(31-50(39)60-15-5)24-43-33-55(65-20-10)45(35-54(43)64-19-9)25-44-34-52(62-17-7)42(32-53(44)63-18-8)23-40-30-48(58-13-3)38(28-49(40)59-14-4)21-36(46)27-47(37)57-12-2/h26-35H,11-25H2,1-10H3. The minimum atomic E-state index is 0.496. The molecule has 0 aliphatic heterocycles. The Morgan fingerprint density at radius 2 is 0.292 bits per heavy atom. The summed E-state index contributed by atoms with van der Waals surface area (Å²) in [5, 5.41) is 0. The predicted octanol–water partition coefficient (Wildman–Crippen LogP) is 11.9. The molecule has 0 unspecified atom stereocenters. The molecule has 10 aliphatic rings. The van der Waals surface area contributed by atoms with E-state index < -0.39 is 0 Å². The van der Waals surface area contributed by atoms with Crippen molar-refractivity contribution in [2.24, 2.45) is 0 Å². The fourth-order valence-corrected chi connectivity index (χ4v) is 8.53. The van der Waals surface area contributed by atoms with Crippen molar-refractivity contribution in [3.8, 4) is 57.5 Å².